The minimum atomic E-state index is -0.0810. The summed E-state index contributed by atoms with van der Waals surface area (Å²) < 4.78 is 0. The average Bonchev–Trinajstić information content (AvgIpc) is 3.19. The van der Waals surface area contributed by atoms with Gasteiger partial charge in [-0.15, -0.1) is 0 Å². The first-order valence-corrected chi connectivity index (χ1v) is 11.3. The summed E-state index contributed by atoms with van der Waals surface area (Å²) in [7, 11) is 3.41. The second-order valence-corrected chi connectivity index (χ2v) is 9.44. The monoisotopic (exact) mass is 422 g/mol. The molecule has 7 nitrogen and oxygen atoms in total. The summed E-state index contributed by atoms with van der Waals surface area (Å²) in [6.45, 7) is 0. The van der Waals surface area contributed by atoms with Crippen molar-refractivity contribution >= 4 is 46.4 Å². The zero-order valence-electron chi connectivity index (χ0n) is 16.1. The van der Waals surface area contributed by atoms with E-state index in [4.69, 9.17) is 0 Å². The minimum Gasteiger partial charge on any atom is -0.339 e. The number of rotatable bonds is 7. The Labute approximate surface area is 173 Å². The first kappa shape index (κ1) is 20.9. The highest BCUT2D eigenvalue weighted by molar-refractivity contribution is 8.13. The van der Waals surface area contributed by atoms with Gasteiger partial charge in [0.2, 0.25) is 5.91 Å². The molecule has 0 saturated carbocycles. The molecule has 3 rings (SSSR count). The Morgan fingerprint density at radius 2 is 2.04 bits per heavy atom. The van der Waals surface area contributed by atoms with Crippen LogP contribution in [0.5, 0.6) is 0 Å². The van der Waals surface area contributed by atoms with Gasteiger partial charge in [-0.25, -0.2) is 4.79 Å². The number of nitrogens with one attached hydrogen (secondary N) is 3. The van der Waals surface area contributed by atoms with E-state index >= 15 is 0 Å². The molecule has 2 aliphatic rings. The lowest BCUT2D eigenvalue weighted by molar-refractivity contribution is -0.116. The molecule has 3 atom stereocenters. The number of fused-ring (bicyclic) bond motifs is 1. The molecule has 2 fully saturated rings. The van der Waals surface area contributed by atoms with E-state index in [0.29, 0.717) is 17.4 Å². The summed E-state index contributed by atoms with van der Waals surface area (Å²) in [6.07, 6.45) is 3.18. The number of unbranched alkanes of at least 4 members (excludes halogenated alkanes) is 1. The normalized spacial score (nSPS) is 22.9. The minimum absolute atomic E-state index is 0.0434. The van der Waals surface area contributed by atoms with Gasteiger partial charge in [-0.3, -0.25) is 9.59 Å². The van der Waals surface area contributed by atoms with E-state index in [0.717, 1.165) is 41.7 Å². The van der Waals surface area contributed by atoms with Crippen LogP contribution in [0.2, 0.25) is 0 Å². The highest BCUT2D eigenvalue weighted by Crippen LogP contribution is 2.33. The Morgan fingerprint density at radius 1 is 1.25 bits per heavy atom. The largest absolute Gasteiger partial charge is 0.339 e. The third kappa shape index (κ3) is 5.35. The topological polar surface area (TPSA) is 90.5 Å². The Morgan fingerprint density at radius 3 is 2.82 bits per heavy atom. The van der Waals surface area contributed by atoms with Crippen molar-refractivity contribution in [1.29, 1.82) is 0 Å². The summed E-state index contributed by atoms with van der Waals surface area (Å²) in [5.74, 6) is 0.910. The molecule has 2 heterocycles. The standard InChI is InChI=1S/C19H26N4O3S2/c1-23(2)19(26)28-14-8-4-3-7-12(14)20-16(24)10-6-5-9-15-17-13(11-27-15)21-18(25)22-17/h3-4,7-8,13,15,17H,5-6,9-11H2,1-2H3,(H,20,24)(H2,21,22,25)/t13-,15-,17-/m0/s1. The summed E-state index contributed by atoms with van der Waals surface area (Å²) in [5.41, 5.74) is 0.668. The van der Waals surface area contributed by atoms with Crippen LogP contribution < -0.4 is 16.0 Å². The summed E-state index contributed by atoms with van der Waals surface area (Å²) in [4.78, 5) is 37.9. The SMILES string of the molecule is CN(C)C(=O)Sc1ccccc1NC(=O)CCCC[C@@H]1SC[C@@H]2NC(=O)N[C@@H]21. The molecule has 152 valence electrons. The van der Waals surface area contributed by atoms with Crippen molar-refractivity contribution < 1.29 is 14.4 Å². The van der Waals surface area contributed by atoms with Crippen LogP contribution in [0.3, 0.4) is 0 Å². The van der Waals surface area contributed by atoms with Gasteiger partial charge in [0, 0.05) is 36.4 Å². The van der Waals surface area contributed by atoms with E-state index in [1.165, 1.54) is 4.90 Å². The molecule has 4 amide bonds. The number of carbonyl (C=O) groups is 3. The Kier molecular flexibility index (Phi) is 7.12. The van der Waals surface area contributed by atoms with Crippen LogP contribution in [0.25, 0.3) is 0 Å². The van der Waals surface area contributed by atoms with E-state index in [-0.39, 0.29) is 29.3 Å². The number of benzene rings is 1. The van der Waals surface area contributed by atoms with Gasteiger partial charge in [-0.1, -0.05) is 18.6 Å². The molecular weight excluding hydrogens is 396 g/mol. The fourth-order valence-electron chi connectivity index (χ4n) is 3.33. The average molecular weight is 423 g/mol. The van der Waals surface area contributed by atoms with E-state index in [9.17, 15) is 14.4 Å². The molecule has 0 aliphatic carbocycles. The number of anilines is 1. The van der Waals surface area contributed by atoms with Crippen molar-refractivity contribution in [3.63, 3.8) is 0 Å². The van der Waals surface area contributed by atoms with E-state index in [2.05, 4.69) is 16.0 Å². The molecule has 2 saturated heterocycles. The zero-order valence-corrected chi connectivity index (χ0v) is 17.7. The number of hydrogen-bond donors (Lipinski definition) is 3. The molecule has 0 bridgehead atoms. The molecule has 1 aromatic rings. The molecule has 0 aromatic heterocycles. The first-order valence-electron chi connectivity index (χ1n) is 9.40. The van der Waals surface area contributed by atoms with Crippen LogP contribution in [-0.2, 0) is 4.79 Å². The number of hydrogen-bond acceptors (Lipinski definition) is 5. The number of para-hydroxylation sites is 1. The molecule has 28 heavy (non-hydrogen) atoms. The number of urea groups is 1. The maximum atomic E-state index is 12.3. The van der Waals surface area contributed by atoms with Crippen molar-refractivity contribution in [2.75, 3.05) is 25.2 Å². The number of nitrogens with zero attached hydrogens (tertiary/aromatic N) is 1. The first-order chi connectivity index (χ1) is 13.4. The van der Waals surface area contributed by atoms with E-state index in [1.54, 1.807) is 14.1 Å². The number of amides is 4. The van der Waals surface area contributed by atoms with Crippen molar-refractivity contribution in [3.05, 3.63) is 24.3 Å². The van der Waals surface area contributed by atoms with Gasteiger partial charge in [-0.05, 0) is 36.7 Å². The number of thioether (sulfide) groups is 2. The van der Waals surface area contributed by atoms with Gasteiger partial charge < -0.3 is 20.9 Å². The Balaban J connectivity index is 1.41. The van der Waals surface area contributed by atoms with E-state index < -0.39 is 0 Å². The molecule has 0 radical (unpaired) electrons. The highest BCUT2D eigenvalue weighted by atomic mass is 32.2. The fourth-order valence-corrected chi connectivity index (χ4v) is 5.62. The van der Waals surface area contributed by atoms with Crippen molar-refractivity contribution in [3.8, 4) is 0 Å². The van der Waals surface area contributed by atoms with Crippen molar-refractivity contribution in [2.24, 2.45) is 0 Å². The summed E-state index contributed by atoms with van der Waals surface area (Å²) >= 11 is 2.99. The van der Waals surface area contributed by atoms with Gasteiger partial charge in [0.25, 0.3) is 5.24 Å². The van der Waals surface area contributed by atoms with E-state index in [1.807, 2.05) is 36.0 Å². The molecule has 0 unspecified atom stereocenters. The highest BCUT2D eigenvalue weighted by Gasteiger charge is 2.42. The van der Waals surface area contributed by atoms with Crippen LogP contribution >= 0.6 is 23.5 Å². The van der Waals surface area contributed by atoms with Crippen LogP contribution in [0.15, 0.2) is 29.2 Å². The molecule has 9 heteroatoms. The van der Waals surface area contributed by atoms with Crippen molar-refractivity contribution in [2.45, 2.75) is 47.9 Å². The maximum Gasteiger partial charge on any atom is 0.315 e. The Hall–Kier alpha value is -1.87. The predicted octanol–water partition coefficient (Wildman–Crippen LogP) is 3.12. The third-order valence-electron chi connectivity index (χ3n) is 4.80. The summed E-state index contributed by atoms with van der Waals surface area (Å²) in [6, 6.07) is 7.73. The fraction of sp³-hybridized carbons (Fsp3) is 0.526. The Bertz CT molecular complexity index is 744. The zero-order chi connectivity index (χ0) is 20.1. The van der Waals surface area contributed by atoms with Crippen LogP contribution in [-0.4, -0.2) is 59.3 Å². The molecule has 0 spiro atoms. The van der Waals surface area contributed by atoms with Crippen LogP contribution in [0.1, 0.15) is 25.7 Å². The lowest BCUT2D eigenvalue weighted by Gasteiger charge is -2.16. The van der Waals surface area contributed by atoms with Gasteiger partial charge in [-0.2, -0.15) is 11.8 Å². The lowest BCUT2D eigenvalue weighted by Crippen LogP contribution is -2.36. The smallest absolute Gasteiger partial charge is 0.315 e. The van der Waals surface area contributed by atoms with Crippen molar-refractivity contribution in [1.82, 2.24) is 15.5 Å². The van der Waals surface area contributed by atoms with Gasteiger partial charge in [0.05, 0.1) is 17.8 Å². The molecule has 3 N–H and O–H groups in total. The second kappa shape index (κ2) is 9.56. The quantitative estimate of drug-likeness (QED) is 0.357. The van der Waals surface area contributed by atoms with Crippen LogP contribution in [0.4, 0.5) is 15.3 Å². The maximum absolute atomic E-state index is 12.3. The van der Waals surface area contributed by atoms with Gasteiger partial charge in [0.1, 0.15) is 0 Å². The molecular formula is C19H26N4O3S2. The third-order valence-corrected chi connectivity index (χ3v) is 7.43. The second-order valence-electron chi connectivity index (χ2n) is 7.17. The van der Waals surface area contributed by atoms with Crippen LogP contribution in [0, 0.1) is 0 Å². The van der Waals surface area contributed by atoms with Gasteiger partial charge in [0.15, 0.2) is 0 Å². The predicted molar refractivity (Wildman–Crippen MR) is 114 cm³/mol. The molecule has 2 aliphatic heterocycles. The number of carbonyl (C=O) groups excluding carboxylic acids is 3. The molecule has 1 aromatic carbocycles. The lowest BCUT2D eigenvalue weighted by atomic mass is 10.0. The van der Waals surface area contributed by atoms with Gasteiger partial charge >= 0.3 is 6.03 Å². The summed E-state index contributed by atoms with van der Waals surface area (Å²) in [5, 5.41) is 9.20.